The summed E-state index contributed by atoms with van der Waals surface area (Å²) in [4.78, 5) is 41.7. The third-order valence-corrected chi connectivity index (χ3v) is 4.83. The number of hydrogen-bond donors (Lipinski definition) is 4. The quantitative estimate of drug-likeness (QED) is 0.492. The van der Waals surface area contributed by atoms with E-state index in [4.69, 9.17) is 0 Å². The van der Waals surface area contributed by atoms with Crippen LogP contribution in [0.2, 0.25) is 0 Å². The lowest BCUT2D eigenvalue weighted by atomic mass is 10.1. The number of urea groups is 1. The first-order valence-corrected chi connectivity index (χ1v) is 10.2. The number of nitrogens with zero attached hydrogens (tertiary/aromatic N) is 1. The van der Waals surface area contributed by atoms with Crippen molar-refractivity contribution < 1.29 is 14.4 Å². The molecule has 8 nitrogen and oxygen atoms in total. The molecular weight excluding hydrogens is 394 g/mol. The van der Waals surface area contributed by atoms with E-state index in [2.05, 4.69) is 26.3 Å². The van der Waals surface area contributed by atoms with Gasteiger partial charge in [0.2, 0.25) is 0 Å². The highest BCUT2D eigenvalue weighted by Gasteiger charge is 2.23. The number of aromatic nitrogens is 1. The number of rotatable bonds is 6. The Morgan fingerprint density at radius 1 is 0.968 bits per heavy atom. The molecule has 0 spiro atoms. The number of anilines is 2. The Hall–Kier alpha value is -3.94. The highest BCUT2D eigenvalue weighted by Crippen LogP contribution is 2.22. The van der Waals surface area contributed by atoms with Crippen molar-refractivity contribution in [2.75, 3.05) is 17.2 Å². The lowest BCUT2D eigenvalue weighted by Gasteiger charge is -2.11. The number of carbonyl (C=O) groups excluding carboxylic acids is 3. The SMILES string of the molecule is CCNC(=O)c1cc(NC(=O)c2cccc(NC(=O)NC3CC3)c2)nc2ccccc12. The summed E-state index contributed by atoms with van der Waals surface area (Å²) in [6.07, 6.45) is 1.99. The maximum atomic E-state index is 12.8. The van der Waals surface area contributed by atoms with E-state index < -0.39 is 5.91 Å². The van der Waals surface area contributed by atoms with Gasteiger partial charge in [-0.15, -0.1) is 0 Å². The molecule has 1 saturated carbocycles. The molecule has 2 aromatic carbocycles. The van der Waals surface area contributed by atoms with Crippen molar-refractivity contribution >= 4 is 40.3 Å². The van der Waals surface area contributed by atoms with Crippen molar-refractivity contribution in [3.8, 4) is 0 Å². The van der Waals surface area contributed by atoms with Gasteiger partial charge in [0, 0.05) is 29.2 Å². The molecule has 0 unspecified atom stereocenters. The summed E-state index contributed by atoms with van der Waals surface area (Å²) in [7, 11) is 0. The van der Waals surface area contributed by atoms with Crippen molar-refractivity contribution in [1.82, 2.24) is 15.6 Å². The van der Waals surface area contributed by atoms with Crippen LogP contribution in [0.4, 0.5) is 16.3 Å². The van der Waals surface area contributed by atoms with Crippen LogP contribution >= 0.6 is 0 Å². The molecule has 31 heavy (non-hydrogen) atoms. The van der Waals surface area contributed by atoms with Crippen molar-refractivity contribution in [3.05, 3.63) is 65.7 Å². The van der Waals surface area contributed by atoms with E-state index in [1.54, 1.807) is 36.4 Å². The van der Waals surface area contributed by atoms with Crippen LogP contribution in [-0.4, -0.2) is 35.4 Å². The van der Waals surface area contributed by atoms with Crippen LogP contribution in [0.5, 0.6) is 0 Å². The second-order valence-corrected chi connectivity index (χ2v) is 7.34. The summed E-state index contributed by atoms with van der Waals surface area (Å²) >= 11 is 0. The Morgan fingerprint density at radius 3 is 2.55 bits per heavy atom. The highest BCUT2D eigenvalue weighted by atomic mass is 16.2. The Labute approximate surface area is 179 Å². The second-order valence-electron chi connectivity index (χ2n) is 7.34. The summed E-state index contributed by atoms with van der Waals surface area (Å²) < 4.78 is 0. The molecule has 1 aliphatic carbocycles. The fourth-order valence-electron chi connectivity index (χ4n) is 3.19. The normalized spacial score (nSPS) is 12.8. The van der Waals surface area contributed by atoms with Crippen LogP contribution in [0.15, 0.2) is 54.6 Å². The fourth-order valence-corrected chi connectivity index (χ4v) is 3.19. The number of hydrogen-bond acceptors (Lipinski definition) is 4. The molecule has 4 N–H and O–H groups in total. The lowest BCUT2D eigenvalue weighted by Crippen LogP contribution is -2.30. The maximum absolute atomic E-state index is 12.8. The van der Waals surface area contributed by atoms with Crippen LogP contribution in [0.3, 0.4) is 0 Å². The van der Waals surface area contributed by atoms with Gasteiger partial charge in [-0.05, 0) is 50.1 Å². The predicted octanol–water partition coefficient (Wildman–Crippen LogP) is 3.52. The van der Waals surface area contributed by atoms with E-state index in [0.29, 0.717) is 34.3 Å². The molecule has 158 valence electrons. The predicted molar refractivity (Wildman–Crippen MR) is 119 cm³/mol. The van der Waals surface area contributed by atoms with Gasteiger partial charge in [-0.2, -0.15) is 0 Å². The van der Waals surface area contributed by atoms with E-state index in [0.717, 1.165) is 12.8 Å². The van der Waals surface area contributed by atoms with E-state index in [9.17, 15) is 14.4 Å². The van der Waals surface area contributed by atoms with Crippen LogP contribution in [0.1, 0.15) is 40.5 Å². The first-order valence-electron chi connectivity index (χ1n) is 10.2. The van der Waals surface area contributed by atoms with E-state index in [1.165, 1.54) is 0 Å². The monoisotopic (exact) mass is 417 g/mol. The van der Waals surface area contributed by atoms with E-state index >= 15 is 0 Å². The maximum Gasteiger partial charge on any atom is 0.319 e. The van der Waals surface area contributed by atoms with Crippen LogP contribution in [0, 0.1) is 0 Å². The molecule has 1 aromatic heterocycles. The summed E-state index contributed by atoms with van der Waals surface area (Å²) in [6.45, 7) is 2.33. The van der Waals surface area contributed by atoms with Gasteiger partial charge in [0.25, 0.3) is 11.8 Å². The number of pyridine rings is 1. The summed E-state index contributed by atoms with van der Waals surface area (Å²) in [5.41, 5.74) is 1.92. The van der Waals surface area contributed by atoms with E-state index in [-0.39, 0.29) is 23.8 Å². The Kier molecular flexibility index (Phi) is 5.79. The van der Waals surface area contributed by atoms with Gasteiger partial charge in [0.15, 0.2) is 0 Å². The van der Waals surface area contributed by atoms with Gasteiger partial charge in [-0.3, -0.25) is 9.59 Å². The lowest BCUT2D eigenvalue weighted by molar-refractivity contribution is 0.0955. The molecular formula is C23H23N5O3. The van der Waals surface area contributed by atoms with Gasteiger partial charge >= 0.3 is 6.03 Å². The minimum Gasteiger partial charge on any atom is -0.352 e. The molecule has 1 aliphatic rings. The third-order valence-electron chi connectivity index (χ3n) is 4.83. The molecule has 0 aliphatic heterocycles. The van der Waals surface area contributed by atoms with Gasteiger partial charge < -0.3 is 21.3 Å². The molecule has 8 heteroatoms. The minimum atomic E-state index is -0.393. The van der Waals surface area contributed by atoms with Gasteiger partial charge in [-0.1, -0.05) is 24.3 Å². The van der Waals surface area contributed by atoms with Crippen LogP contribution < -0.4 is 21.3 Å². The zero-order chi connectivity index (χ0) is 21.8. The highest BCUT2D eigenvalue weighted by molar-refractivity contribution is 6.09. The smallest absolute Gasteiger partial charge is 0.319 e. The number of amides is 4. The van der Waals surface area contributed by atoms with Crippen LogP contribution in [0.25, 0.3) is 10.9 Å². The summed E-state index contributed by atoms with van der Waals surface area (Å²) in [5, 5.41) is 11.8. The molecule has 0 saturated heterocycles. The molecule has 0 radical (unpaired) electrons. The number of nitrogens with one attached hydrogen (secondary N) is 4. The van der Waals surface area contributed by atoms with Crippen molar-refractivity contribution in [2.45, 2.75) is 25.8 Å². The Balaban J connectivity index is 1.54. The Bertz CT molecular complexity index is 1160. The largest absolute Gasteiger partial charge is 0.352 e. The third kappa shape index (κ3) is 4.98. The van der Waals surface area contributed by atoms with Gasteiger partial charge in [0.05, 0.1) is 11.1 Å². The summed E-state index contributed by atoms with van der Waals surface area (Å²) in [5.74, 6) is -0.352. The molecule has 4 rings (SSSR count). The molecule has 0 bridgehead atoms. The number of para-hydroxylation sites is 1. The first kappa shape index (κ1) is 20.3. The summed E-state index contributed by atoms with van der Waals surface area (Å²) in [6, 6.07) is 15.4. The fraction of sp³-hybridized carbons (Fsp3) is 0.217. The minimum absolute atomic E-state index is 0.232. The Morgan fingerprint density at radius 2 is 1.77 bits per heavy atom. The molecule has 3 aromatic rings. The average Bonchev–Trinajstić information content (AvgIpc) is 3.57. The number of carbonyl (C=O) groups is 3. The van der Waals surface area contributed by atoms with Crippen molar-refractivity contribution in [2.24, 2.45) is 0 Å². The number of benzene rings is 2. The molecule has 1 fully saturated rings. The van der Waals surface area contributed by atoms with Gasteiger partial charge in [-0.25, -0.2) is 9.78 Å². The molecule has 4 amide bonds. The van der Waals surface area contributed by atoms with E-state index in [1.807, 2.05) is 25.1 Å². The zero-order valence-corrected chi connectivity index (χ0v) is 17.1. The average molecular weight is 417 g/mol. The number of fused-ring (bicyclic) bond motifs is 1. The molecule has 0 atom stereocenters. The topological polar surface area (TPSA) is 112 Å². The second kappa shape index (κ2) is 8.83. The standard InChI is InChI=1S/C23H23N5O3/c1-2-24-22(30)18-13-20(27-19-9-4-3-8-17(18)19)28-21(29)14-6-5-7-16(12-14)26-23(31)25-15-10-11-15/h3-9,12-13,15H,2,10-11H2,1H3,(H,24,30)(H2,25,26,31)(H,27,28,29). The van der Waals surface area contributed by atoms with Crippen molar-refractivity contribution in [3.63, 3.8) is 0 Å². The molecule has 1 heterocycles. The zero-order valence-electron chi connectivity index (χ0n) is 17.1. The van der Waals surface area contributed by atoms with Crippen molar-refractivity contribution in [1.29, 1.82) is 0 Å². The first-order chi connectivity index (χ1) is 15.0. The van der Waals surface area contributed by atoms with Gasteiger partial charge in [0.1, 0.15) is 5.82 Å². The van der Waals surface area contributed by atoms with Crippen LogP contribution in [-0.2, 0) is 0 Å².